The molecule has 234 valence electrons. The third-order valence-corrected chi connectivity index (χ3v) is 9.63. The van der Waals surface area contributed by atoms with Crippen LogP contribution in [0.1, 0.15) is 48.0 Å². The summed E-state index contributed by atoms with van der Waals surface area (Å²) in [6.45, 7) is 1.80. The third kappa shape index (κ3) is 6.53. The van der Waals surface area contributed by atoms with Crippen molar-refractivity contribution in [2.45, 2.75) is 56.7 Å². The van der Waals surface area contributed by atoms with Crippen LogP contribution in [0.15, 0.2) is 47.1 Å². The van der Waals surface area contributed by atoms with Gasteiger partial charge in [0, 0.05) is 42.9 Å². The highest BCUT2D eigenvalue weighted by atomic mass is 35.5. The van der Waals surface area contributed by atoms with Gasteiger partial charge in [-0.2, -0.15) is 0 Å². The van der Waals surface area contributed by atoms with Crippen LogP contribution in [0.25, 0.3) is 11.0 Å². The molecule has 0 bridgehead atoms. The Morgan fingerprint density at radius 3 is 2.64 bits per heavy atom. The van der Waals surface area contributed by atoms with E-state index in [4.69, 9.17) is 20.8 Å². The van der Waals surface area contributed by atoms with Gasteiger partial charge in [-0.05, 0) is 55.9 Å². The van der Waals surface area contributed by atoms with Gasteiger partial charge in [0.15, 0.2) is 0 Å². The number of furan rings is 1. The van der Waals surface area contributed by atoms with E-state index in [1.807, 2.05) is 0 Å². The van der Waals surface area contributed by atoms with Crippen LogP contribution in [0, 0.1) is 17.7 Å². The van der Waals surface area contributed by atoms with Crippen LogP contribution >= 0.6 is 11.6 Å². The number of nitrogens with one attached hydrogen (secondary N) is 1. The molecule has 8 nitrogen and oxygen atoms in total. The monoisotopic (exact) mass is 627 g/mol. The highest BCUT2D eigenvalue weighted by molar-refractivity contribution is 6.34. The zero-order valence-corrected chi connectivity index (χ0v) is 25.1. The predicted octanol–water partition coefficient (Wildman–Crippen LogP) is 5.67. The lowest BCUT2D eigenvalue weighted by molar-refractivity contribution is -0.133. The molecule has 6 rings (SSSR count). The summed E-state index contributed by atoms with van der Waals surface area (Å²) in [5, 5.41) is 3.38. The molecule has 11 heteroatoms. The van der Waals surface area contributed by atoms with Crippen LogP contribution in [-0.2, 0) is 20.7 Å². The number of para-hydroxylation sites is 1. The summed E-state index contributed by atoms with van der Waals surface area (Å²) in [7, 11) is 0. The number of ether oxygens (including phenoxy) is 1. The second-order valence-corrected chi connectivity index (χ2v) is 12.7. The number of nitrogens with zero attached hydrogens (tertiary/aromatic N) is 2. The Hall–Kier alpha value is -3.34. The second kappa shape index (κ2) is 13.3. The van der Waals surface area contributed by atoms with Gasteiger partial charge in [0.2, 0.25) is 5.91 Å². The van der Waals surface area contributed by atoms with Gasteiger partial charge in [-0.15, -0.1) is 0 Å². The molecule has 2 saturated heterocycles. The topological polar surface area (TPSA) is 92.1 Å². The van der Waals surface area contributed by atoms with Crippen LogP contribution in [0.3, 0.4) is 0 Å². The number of amides is 2. The van der Waals surface area contributed by atoms with Crippen LogP contribution < -0.4 is 5.32 Å². The van der Waals surface area contributed by atoms with E-state index < -0.39 is 11.7 Å². The van der Waals surface area contributed by atoms with Crippen molar-refractivity contribution in [3.8, 4) is 0 Å². The average Bonchev–Trinajstić information content (AvgIpc) is 3.63. The molecule has 3 heterocycles. The number of rotatable bonds is 10. The molecule has 2 aliphatic heterocycles. The lowest BCUT2D eigenvalue weighted by atomic mass is 9.88. The number of carbonyl (C=O) groups is 3. The second-order valence-electron chi connectivity index (χ2n) is 12.3. The van der Waals surface area contributed by atoms with E-state index in [1.54, 1.807) is 29.2 Å². The molecule has 0 spiro atoms. The zero-order valence-electron chi connectivity index (χ0n) is 24.4. The molecule has 1 N–H and O–H groups in total. The van der Waals surface area contributed by atoms with Crippen molar-refractivity contribution in [3.63, 3.8) is 0 Å². The van der Waals surface area contributed by atoms with E-state index in [1.165, 1.54) is 12.3 Å². The van der Waals surface area contributed by atoms with Gasteiger partial charge in [-0.3, -0.25) is 18.9 Å². The molecule has 0 radical (unpaired) electrons. The molecular formula is C33H36ClF2N3O5. The highest BCUT2D eigenvalue weighted by Crippen LogP contribution is 2.32. The maximum absolute atomic E-state index is 15.3. The highest BCUT2D eigenvalue weighted by Gasteiger charge is 2.42. The summed E-state index contributed by atoms with van der Waals surface area (Å²) in [4.78, 5) is 41.6. The number of likely N-dealkylation sites (tertiary alicyclic amines) is 2. The van der Waals surface area contributed by atoms with Crippen molar-refractivity contribution in [1.82, 2.24) is 9.80 Å². The summed E-state index contributed by atoms with van der Waals surface area (Å²) < 4.78 is 40.1. The summed E-state index contributed by atoms with van der Waals surface area (Å²) in [6.07, 6.45) is 6.12. The van der Waals surface area contributed by atoms with E-state index in [2.05, 4.69) is 10.2 Å². The molecule has 3 aliphatic rings. The Morgan fingerprint density at radius 1 is 1.11 bits per heavy atom. The molecule has 2 atom stereocenters. The van der Waals surface area contributed by atoms with Crippen molar-refractivity contribution in [2.24, 2.45) is 11.8 Å². The fourth-order valence-corrected chi connectivity index (χ4v) is 6.92. The minimum atomic E-state index is -0.654. The molecule has 1 aromatic heterocycles. The first-order chi connectivity index (χ1) is 21.3. The minimum Gasteiger partial charge on any atom is -0.463 e. The molecule has 1 aliphatic carbocycles. The SMILES string of the molecule is O=C[C@H]1CC[C@H](OC[C@@H]2C[C@H](N3CC(CF)C3)CN2C(=O)Cc2cc(Cl)c(NC(=O)c3coc4ccccc34)cc2F)CC1. The number of carbonyl (C=O) groups excluding carboxylic acids is 3. The van der Waals surface area contributed by atoms with Crippen molar-refractivity contribution < 1.29 is 32.3 Å². The lowest BCUT2D eigenvalue weighted by Crippen LogP contribution is -2.53. The Labute approximate surface area is 259 Å². The number of fused-ring (bicyclic) bond motifs is 1. The summed E-state index contributed by atoms with van der Waals surface area (Å²) in [5.74, 6) is -1.27. The van der Waals surface area contributed by atoms with Gasteiger partial charge in [-0.1, -0.05) is 29.8 Å². The standard InChI is InChI=1S/C33H36ClF2N3O5/c34-28-9-22(29(36)12-30(28)37-33(42)27-19-44-31-4-2-1-3-26(27)31)10-32(41)39-16-23(38-14-21(13-35)15-38)11-24(39)18-43-25-7-5-20(17-40)6-8-25/h1-4,9,12,17,19-21,23-25H,5-8,10-11,13-16,18H2,(H,37,42)/t20-,23-,24-,25-/m0/s1. The average molecular weight is 628 g/mol. The molecule has 2 amide bonds. The van der Waals surface area contributed by atoms with Crippen LogP contribution in [0.4, 0.5) is 14.5 Å². The predicted molar refractivity (Wildman–Crippen MR) is 162 cm³/mol. The smallest absolute Gasteiger partial charge is 0.259 e. The molecule has 0 unspecified atom stereocenters. The van der Waals surface area contributed by atoms with Crippen molar-refractivity contribution >= 4 is 46.4 Å². The normalized spacial score (nSPS) is 24.4. The van der Waals surface area contributed by atoms with E-state index in [0.717, 1.165) is 38.0 Å². The maximum atomic E-state index is 15.3. The molecule has 2 aromatic carbocycles. The minimum absolute atomic E-state index is 0.0323. The number of benzene rings is 2. The van der Waals surface area contributed by atoms with Gasteiger partial charge in [0.25, 0.3) is 5.91 Å². The van der Waals surface area contributed by atoms with E-state index in [9.17, 15) is 18.8 Å². The van der Waals surface area contributed by atoms with E-state index in [0.29, 0.717) is 49.2 Å². The molecule has 1 saturated carbocycles. The largest absolute Gasteiger partial charge is 0.463 e. The number of aldehydes is 1. The number of alkyl halides is 1. The van der Waals surface area contributed by atoms with Crippen molar-refractivity contribution in [1.29, 1.82) is 0 Å². The maximum Gasteiger partial charge on any atom is 0.259 e. The first-order valence-corrected chi connectivity index (χ1v) is 15.6. The molecular weight excluding hydrogens is 592 g/mol. The van der Waals surface area contributed by atoms with Gasteiger partial charge >= 0.3 is 0 Å². The first-order valence-electron chi connectivity index (χ1n) is 15.2. The Bertz CT molecular complexity index is 1520. The van der Waals surface area contributed by atoms with Gasteiger partial charge in [0.05, 0.1) is 48.1 Å². The summed E-state index contributed by atoms with van der Waals surface area (Å²) in [5.41, 5.74) is 1.07. The van der Waals surface area contributed by atoms with Crippen molar-refractivity contribution in [2.75, 3.05) is 38.2 Å². The van der Waals surface area contributed by atoms with Gasteiger partial charge in [0.1, 0.15) is 23.9 Å². The number of halogens is 3. The first kappa shape index (κ1) is 30.7. The molecule has 3 aromatic rings. The zero-order chi connectivity index (χ0) is 30.8. The van der Waals surface area contributed by atoms with E-state index in [-0.39, 0.29) is 65.3 Å². The Kier molecular flexibility index (Phi) is 9.30. The van der Waals surface area contributed by atoms with Crippen LogP contribution in [-0.4, -0.2) is 79.0 Å². The number of hydrogen-bond acceptors (Lipinski definition) is 6. The van der Waals surface area contributed by atoms with Crippen LogP contribution in [0.2, 0.25) is 5.02 Å². The Morgan fingerprint density at radius 2 is 1.89 bits per heavy atom. The number of hydrogen-bond donors (Lipinski definition) is 1. The van der Waals surface area contributed by atoms with Gasteiger partial charge < -0.3 is 24.2 Å². The van der Waals surface area contributed by atoms with Crippen molar-refractivity contribution in [3.05, 3.63) is 64.6 Å². The van der Waals surface area contributed by atoms with Crippen LogP contribution in [0.5, 0.6) is 0 Å². The van der Waals surface area contributed by atoms with Gasteiger partial charge in [-0.25, -0.2) is 4.39 Å². The fourth-order valence-electron chi connectivity index (χ4n) is 6.69. The Balaban J connectivity index is 1.12. The molecule has 3 fully saturated rings. The fraction of sp³-hybridized carbons (Fsp3) is 0.485. The lowest BCUT2D eigenvalue weighted by Gasteiger charge is -2.41. The summed E-state index contributed by atoms with van der Waals surface area (Å²) in [6, 6.07) is 9.49. The summed E-state index contributed by atoms with van der Waals surface area (Å²) >= 11 is 6.46. The molecule has 44 heavy (non-hydrogen) atoms. The number of anilines is 1. The quantitative estimate of drug-likeness (QED) is 0.292. The van der Waals surface area contributed by atoms with E-state index >= 15 is 4.39 Å². The third-order valence-electron chi connectivity index (χ3n) is 9.32.